The number of halogens is 2. The summed E-state index contributed by atoms with van der Waals surface area (Å²) in [5, 5.41) is 19.7. The normalized spacial score (nSPS) is 12.3. The lowest BCUT2D eigenvalue weighted by Crippen LogP contribution is -2.19. The molecule has 1 aromatic carbocycles. The average molecular weight is 282 g/mol. The van der Waals surface area contributed by atoms with E-state index in [4.69, 9.17) is 5.11 Å². The number of carboxylic acid groups (broad SMARTS) is 1. The highest BCUT2D eigenvalue weighted by Gasteiger charge is 2.17. The van der Waals surface area contributed by atoms with E-state index in [1.165, 1.54) is 23.7 Å². The molecule has 0 saturated heterocycles. The molecule has 0 saturated carbocycles. The Kier molecular flexibility index (Phi) is 4.02. The zero-order valence-corrected chi connectivity index (χ0v) is 10.6. The molecule has 0 aliphatic heterocycles. The van der Waals surface area contributed by atoms with Crippen LogP contribution in [0.4, 0.5) is 8.78 Å². The Labute approximate surface area is 113 Å². The minimum Gasteiger partial charge on any atom is -0.481 e. The maximum absolute atomic E-state index is 13.6. The summed E-state index contributed by atoms with van der Waals surface area (Å²) in [5.41, 5.74) is 0.115. The van der Waals surface area contributed by atoms with Crippen molar-refractivity contribution in [3.63, 3.8) is 0 Å². The van der Waals surface area contributed by atoms with Gasteiger partial charge in [0.25, 0.3) is 0 Å². The number of hydrogen-bond acceptors (Lipinski definition) is 4. The number of tetrazole rings is 1. The van der Waals surface area contributed by atoms with E-state index in [0.29, 0.717) is 0 Å². The van der Waals surface area contributed by atoms with Crippen LogP contribution in [0.3, 0.4) is 0 Å². The first-order valence-electron chi connectivity index (χ1n) is 5.89. The summed E-state index contributed by atoms with van der Waals surface area (Å²) < 4.78 is 28.0. The van der Waals surface area contributed by atoms with Crippen molar-refractivity contribution in [3.8, 4) is 0 Å². The van der Waals surface area contributed by atoms with Gasteiger partial charge in [-0.1, -0.05) is 19.1 Å². The Morgan fingerprint density at radius 3 is 2.90 bits per heavy atom. The predicted octanol–water partition coefficient (Wildman–Crippen LogP) is 1.26. The molecule has 2 aromatic rings. The molecule has 1 unspecified atom stereocenters. The van der Waals surface area contributed by atoms with Gasteiger partial charge in [-0.2, -0.15) is 0 Å². The van der Waals surface area contributed by atoms with Crippen LogP contribution < -0.4 is 0 Å². The zero-order chi connectivity index (χ0) is 14.7. The lowest BCUT2D eigenvalue weighted by Gasteiger charge is -2.08. The molecule has 1 atom stereocenters. The van der Waals surface area contributed by atoms with Gasteiger partial charge in [-0.15, -0.1) is 5.10 Å². The highest BCUT2D eigenvalue weighted by atomic mass is 19.2. The van der Waals surface area contributed by atoms with E-state index >= 15 is 0 Å². The quantitative estimate of drug-likeness (QED) is 0.893. The van der Waals surface area contributed by atoms with Crippen LogP contribution in [0.15, 0.2) is 18.2 Å². The van der Waals surface area contributed by atoms with E-state index in [0.717, 1.165) is 6.07 Å². The monoisotopic (exact) mass is 282 g/mol. The van der Waals surface area contributed by atoms with Crippen molar-refractivity contribution in [1.29, 1.82) is 0 Å². The van der Waals surface area contributed by atoms with Crippen molar-refractivity contribution in [2.45, 2.75) is 19.9 Å². The summed E-state index contributed by atoms with van der Waals surface area (Å²) in [6.07, 6.45) is -0.0110. The Balaban J connectivity index is 2.20. The van der Waals surface area contributed by atoms with E-state index in [1.807, 2.05) is 0 Å². The average Bonchev–Trinajstić information content (AvgIpc) is 2.82. The third kappa shape index (κ3) is 2.95. The molecule has 2 rings (SSSR count). The number of rotatable bonds is 5. The molecule has 6 nitrogen and oxygen atoms in total. The number of carbonyl (C=O) groups is 1. The van der Waals surface area contributed by atoms with Gasteiger partial charge in [-0.05, 0) is 22.1 Å². The largest absolute Gasteiger partial charge is 0.481 e. The van der Waals surface area contributed by atoms with Crippen LogP contribution >= 0.6 is 0 Å². The summed E-state index contributed by atoms with van der Waals surface area (Å²) in [7, 11) is 0. The van der Waals surface area contributed by atoms with Gasteiger partial charge >= 0.3 is 5.97 Å². The van der Waals surface area contributed by atoms with Crippen molar-refractivity contribution in [2.75, 3.05) is 0 Å². The third-order valence-corrected chi connectivity index (χ3v) is 2.85. The standard InChI is InChI=1S/C12H12F2N4O2/c1-7(12(19)20)6-18-10(15-16-17-18)5-8-3-2-4-9(13)11(8)14/h2-4,7H,5-6H2,1H3,(H,19,20). The number of aromatic nitrogens is 4. The smallest absolute Gasteiger partial charge is 0.308 e. The van der Waals surface area contributed by atoms with Gasteiger partial charge in [0.15, 0.2) is 17.5 Å². The third-order valence-electron chi connectivity index (χ3n) is 2.85. The molecule has 1 heterocycles. The van der Waals surface area contributed by atoms with Crippen LogP contribution in [0.5, 0.6) is 0 Å². The molecule has 0 bridgehead atoms. The van der Waals surface area contributed by atoms with Gasteiger partial charge in [0, 0.05) is 6.42 Å². The molecule has 0 spiro atoms. The topological polar surface area (TPSA) is 80.9 Å². The van der Waals surface area contributed by atoms with Crippen LogP contribution in [0.2, 0.25) is 0 Å². The summed E-state index contributed by atoms with van der Waals surface area (Å²) in [6.45, 7) is 1.57. The van der Waals surface area contributed by atoms with Gasteiger partial charge in [0.05, 0.1) is 12.5 Å². The van der Waals surface area contributed by atoms with Crippen molar-refractivity contribution < 1.29 is 18.7 Å². The Morgan fingerprint density at radius 1 is 1.45 bits per heavy atom. The van der Waals surface area contributed by atoms with Crippen molar-refractivity contribution in [2.24, 2.45) is 5.92 Å². The molecule has 0 aliphatic rings. The zero-order valence-electron chi connectivity index (χ0n) is 10.6. The van der Waals surface area contributed by atoms with E-state index < -0.39 is 23.5 Å². The number of carboxylic acids is 1. The Hall–Kier alpha value is -2.38. The molecule has 106 valence electrons. The molecule has 1 N–H and O–H groups in total. The van der Waals surface area contributed by atoms with E-state index in [-0.39, 0.29) is 24.4 Å². The summed E-state index contributed by atoms with van der Waals surface area (Å²) in [4.78, 5) is 10.8. The maximum Gasteiger partial charge on any atom is 0.308 e. The molecule has 1 aromatic heterocycles. The fourth-order valence-corrected chi connectivity index (χ4v) is 1.68. The molecule has 8 heteroatoms. The predicted molar refractivity (Wildman–Crippen MR) is 63.8 cm³/mol. The molecule has 20 heavy (non-hydrogen) atoms. The summed E-state index contributed by atoms with van der Waals surface area (Å²) >= 11 is 0. The van der Waals surface area contributed by atoms with E-state index in [1.54, 1.807) is 0 Å². The second-order valence-corrected chi connectivity index (χ2v) is 4.41. The van der Waals surface area contributed by atoms with Crippen LogP contribution in [-0.2, 0) is 17.8 Å². The van der Waals surface area contributed by atoms with Gasteiger partial charge in [-0.3, -0.25) is 4.79 Å². The molecule has 0 radical (unpaired) electrons. The van der Waals surface area contributed by atoms with Crippen molar-refractivity contribution >= 4 is 5.97 Å². The minimum atomic E-state index is -0.983. The molecular formula is C12H12F2N4O2. The number of aliphatic carboxylic acids is 1. The minimum absolute atomic E-state index is 0.0110. The second kappa shape index (κ2) is 5.72. The highest BCUT2D eigenvalue weighted by Crippen LogP contribution is 2.15. The molecule has 0 aliphatic carbocycles. The second-order valence-electron chi connectivity index (χ2n) is 4.41. The Morgan fingerprint density at radius 2 is 2.20 bits per heavy atom. The summed E-state index contributed by atoms with van der Waals surface area (Å²) in [5.74, 6) is -3.28. The summed E-state index contributed by atoms with van der Waals surface area (Å²) in [6, 6.07) is 3.84. The lowest BCUT2D eigenvalue weighted by atomic mass is 10.1. The van der Waals surface area contributed by atoms with Crippen molar-refractivity contribution in [1.82, 2.24) is 20.2 Å². The van der Waals surface area contributed by atoms with Crippen LogP contribution in [0, 0.1) is 17.6 Å². The SMILES string of the molecule is CC(Cn1nnnc1Cc1cccc(F)c1F)C(=O)O. The van der Waals surface area contributed by atoms with Crippen LogP contribution in [-0.4, -0.2) is 31.3 Å². The molecule has 0 fully saturated rings. The number of benzene rings is 1. The fraction of sp³-hybridized carbons (Fsp3) is 0.333. The molecule has 0 amide bonds. The van der Waals surface area contributed by atoms with Gasteiger partial charge in [0.1, 0.15) is 0 Å². The molecular weight excluding hydrogens is 270 g/mol. The lowest BCUT2D eigenvalue weighted by molar-refractivity contribution is -0.141. The highest BCUT2D eigenvalue weighted by molar-refractivity contribution is 5.69. The first-order chi connectivity index (χ1) is 9.49. The van der Waals surface area contributed by atoms with Gasteiger partial charge in [-0.25, -0.2) is 13.5 Å². The first kappa shape index (κ1) is 14.0. The van der Waals surface area contributed by atoms with Crippen LogP contribution in [0.1, 0.15) is 18.3 Å². The number of nitrogens with zero attached hydrogens (tertiary/aromatic N) is 4. The van der Waals surface area contributed by atoms with E-state index in [9.17, 15) is 13.6 Å². The number of hydrogen-bond donors (Lipinski definition) is 1. The van der Waals surface area contributed by atoms with Crippen LogP contribution in [0.25, 0.3) is 0 Å². The maximum atomic E-state index is 13.6. The Bertz CT molecular complexity index is 630. The van der Waals surface area contributed by atoms with Gasteiger partial charge < -0.3 is 5.11 Å². The first-order valence-corrected chi connectivity index (χ1v) is 5.89. The van der Waals surface area contributed by atoms with Crippen molar-refractivity contribution in [3.05, 3.63) is 41.2 Å². The van der Waals surface area contributed by atoms with Gasteiger partial charge in [0.2, 0.25) is 0 Å². The fourth-order valence-electron chi connectivity index (χ4n) is 1.68. The van der Waals surface area contributed by atoms with E-state index in [2.05, 4.69) is 15.5 Å².